The Bertz CT molecular complexity index is 555. The fourth-order valence-corrected chi connectivity index (χ4v) is 2.21. The Kier molecular flexibility index (Phi) is 3.83. The van der Waals surface area contributed by atoms with Crippen LogP contribution in [0.2, 0.25) is 0 Å². The molecule has 0 atom stereocenters. The molecule has 7 heteroatoms. The summed E-state index contributed by atoms with van der Waals surface area (Å²) in [6, 6.07) is 0. The van der Waals surface area contributed by atoms with Crippen molar-refractivity contribution in [1.82, 2.24) is 15.0 Å². The summed E-state index contributed by atoms with van der Waals surface area (Å²) < 4.78 is 0. The second-order valence-electron chi connectivity index (χ2n) is 3.62. The maximum Gasteiger partial charge on any atom is 0.358 e. The van der Waals surface area contributed by atoms with Crippen molar-refractivity contribution in [2.75, 3.05) is 11.9 Å². The van der Waals surface area contributed by atoms with E-state index in [1.54, 1.807) is 11.3 Å². The molecule has 0 bridgehead atoms. The lowest BCUT2D eigenvalue weighted by Gasteiger charge is -2.05. The summed E-state index contributed by atoms with van der Waals surface area (Å²) in [6.45, 7) is 2.52. The van der Waals surface area contributed by atoms with E-state index in [2.05, 4.69) is 20.3 Å². The van der Waals surface area contributed by atoms with E-state index in [1.165, 1.54) is 12.4 Å². The number of thiazole rings is 1. The van der Waals surface area contributed by atoms with Gasteiger partial charge in [0.05, 0.1) is 5.01 Å². The highest BCUT2D eigenvalue weighted by atomic mass is 32.1. The average molecular weight is 264 g/mol. The van der Waals surface area contributed by atoms with Crippen LogP contribution >= 0.6 is 11.3 Å². The summed E-state index contributed by atoms with van der Waals surface area (Å²) in [4.78, 5) is 23.0. The number of aromatic nitrogens is 3. The van der Waals surface area contributed by atoms with Crippen LogP contribution in [0, 0.1) is 6.92 Å². The molecule has 2 aromatic heterocycles. The molecule has 2 heterocycles. The van der Waals surface area contributed by atoms with E-state index in [-0.39, 0.29) is 5.69 Å². The van der Waals surface area contributed by atoms with Gasteiger partial charge in [-0.25, -0.2) is 19.7 Å². The molecule has 0 spiro atoms. The Balaban J connectivity index is 1.96. The quantitative estimate of drug-likeness (QED) is 0.852. The molecule has 18 heavy (non-hydrogen) atoms. The number of anilines is 1. The smallest absolute Gasteiger partial charge is 0.358 e. The number of rotatable bonds is 5. The zero-order chi connectivity index (χ0) is 13.0. The average Bonchev–Trinajstić information content (AvgIpc) is 2.75. The van der Waals surface area contributed by atoms with Crippen LogP contribution in [-0.4, -0.2) is 32.6 Å². The van der Waals surface area contributed by atoms with Crippen LogP contribution in [-0.2, 0) is 6.42 Å². The van der Waals surface area contributed by atoms with Gasteiger partial charge in [0.25, 0.3) is 0 Å². The maximum absolute atomic E-state index is 10.9. The zero-order valence-electron chi connectivity index (χ0n) is 9.75. The molecule has 0 fully saturated rings. The summed E-state index contributed by atoms with van der Waals surface area (Å²) in [5.41, 5.74) is 0.938. The number of carbonyl (C=O) groups is 1. The van der Waals surface area contributed by atoms with Gasteiger partial charge in [-0.3, -0.25) is 0 Å². The summed E-state index contributed by atoms with van der Waals surface area (Å²) in [5, 5.41) is 14.9. The highest BCUT2D eigenvalue weighted by Gasteiger charge is 2.11. The molecule has 0 aliphatic carbocycles. The lowest BCUT2D eigenvalue weighted by molar-refractivity contribution is 0.0691. The Hall–Kier alpha value is -2.02. The van der Waals surface area contributed by atoms with E-state index in [0.29, 0.717) is 12.4 Å². The summed E-state index contributed by atoms with van der Waals surface area (Å²) in [6.07, 6.45) is 3.55. The van der Waals surface area contributed by atoms with E-state index in [1.807, 2.05) is 12.3 Å². The van der Waals surface area contributed by atoms with Crippen molar-refractivity contribution < 1.29 is 9.90 Å². The van der Waals surface area contributed by atoms with Crippen molar-refractivity contribution in [2.45, 2.75) is 13.3 Å². The Labute approximate surface area is 108 Å². The summed E-state index contributed by atoms with van der Waals surface area (Å²) >= 11 is 1.59. The summed E-state index contributed by atoms with van der Waals surface area (Å²) in [5.74, 6) is -0.797. The predicted molar refractivity (Wildman–Crippen MR) is 68.0 cm³/mol. The molecule has 0 aliphatic rings. The topological polar surface area (TPSA) is 88.0 Å². The number of carboxylic acid groups (broad SMARTS) is 1. The first-order valence-electron chi connectivity index (χ1n) is 5.36. The van der Waals surface area contributed by atoms with Gasteiger partial charge in [0.15, 0.2) is 11.5 Å². The van der Waals surface area contributed by atoms with Gasteiger partial charge in [-0.1, -0.05) is 0 Å². The fourth-order valence-electron chi connectivity index (χ4n) is 1.43. The molecule has 6 nitrogen and oxygen atoms in total. The van der Waals surface area contributed by atoms with E-state index in [4.69, 9.17) is 5.11 Å². The molecule has 2 rings (SSSR count). The van der Waals surface area contributed by atoms with E-state index in [9.17, 15) is 4.79 Å². The van der Waals surface area contributed by atoms with Gasteiger partial charge in [0.2, 0.25) is 0 Å². The van der Waals surface area contributed by atoms with E-state index < -0.39 is 5.97 Å². The number of nitrogens with zero attached hydrogens (tertiary/aromatic N) is 3. The monoisotopic (exact) mass is 264 g/mol. The van der Waals surface area contributed by atoms with Gasteiger partial charge in [-0.2, -0.15) is 0 Å². The lowest BCUT2D eigenvalue weighted by atomic mass is 10.3. The number of hydrogen-bond acceptors (Lipinski definition) is 6. The van der Waals surface area contributed by atoms with Crippen LogP contribution in [0.1, 0.15) is 21.2 Å². The Morgan fingerprint density at radius 1 is 1.44 bits per heavy atom. The third-order valence-electron chi connectivity index (χ3n) is 2.20. The molecular weight excluding hydrogens is 252 g/mol. The molecule has 2 N–H and O–H groups in total. The first-order valence-corrected chi connectivity index (χ1v) is 6.24. The van der Waals surface area contributed by atoms with Crippen molar-refractivity contribution in [1.29, 1.82) is 0 Å². The molecule has 0 saturated heterocycles. The number of nitrogens with one attached hydrogen (secondary N) is 1. The van der Waals surface area contributed by atoms with Gasteiger partial charge in [-0.15, -0.1) is 11.3 Å². The third kappa shape index (κ3) is 3.01. The van der Waals surface area contributed by atoms with Crippen LogP contribution in [0.25, 0.3) is 0 Å². The van der Waals surface area contributed by atoms with Crippen molar-refractivity contribution in [3.8, 4) is 0 Å². The largest absolute Gasteiger partial charge is 0.476 e. The maximum atomic E-state index is 10.9. The molecular formula is C11H12N4O2S. The van der Waals surface area contributed by atoms with Crippen molar-refractivity contribution >= 4 is 23.1 Å². The summed E-state index contributed by atoms with van der Waals surface area (Å²) in [7, 11) is 0. The van der Waals surface area contributed by atoms with Crippen LogP contribution in [0.4, 0.5) is 5.82 Å². The van der Waals surface area contributed by atoms with E-state index in [0.717, 1.165) is 17.1 Å². The van der Waals surface area contributed by atoms with Crippen LogP contribution < -0.4 is 5.32 Å². The first-order chi connectivity index (χ1) is 8.66. The molecule has 2 aromatic rings. The highest BCUT2D eigenvalue weighted by molar-refractivity contribution is 7.09. The minimum atomic E-state index is -1.09. The third-order valence-corrected chi connectivity index (χ3v) is 3.23. The second kappa shape index (κ2) is 5.54. The number of hydrogen-bond donors (Lipinski definition) is 2. The highest BCUT2D eigenvalue weighted by Crippen LogP contribution is 2.11. The Morgan fingerprint density at radius 2 is 2.22 bits per heavy atom. The van der Waals surface area contributed by atoms with Gasteiger partial charge in [0, 0.05) is 36.4 Å². The second-order valence-corrected chi connectivity index (χ2v) is 4.56. The van der Waals surface area contributed by atoms with Crippen molar-refractivity contribution in [2.24, 2.45) is 0 Å². The standard InChI is InChI=1S/C11H12N4O2S/c1-7-6-18-8(15-7)2-3-13-10-9(11(16)17)12-4-5-14-10/h4-6H,2-3H2,1H3,(H,13,14)(H,16,17). The molecule has 0 amide bonds. The molecule has 0 aromatic carbocycles. The van der Waals surface area contributed by atoms with Gasteiger partial charge < -0.3 is 10.4 Å². The van der Waals surface area contributed by atoms with E-state index >= 15 is 0 Å². The number of aromatic carboxylic acids is 1. The van der Waals surface area contributed by atoms with Gasteiger partial charge in [-0.05, 0) is 6.92 Å². The zero-order valence-corrected chi connectivity index (χ0v) is 10.6. The SMILES string of the molecule is Cc1csc(CCNc2nccnc2C(=O)O)n1. The predicted octanol–water partition coefficient (Wildman–Crippen LogP) is 1.59. The number of carboxylic acids is 1. The van der Waals surface area contributed by atoms with Gasteiger partial charge >= 0.3 is 5.97 Å². The lowest BCUT2D eigenvalue weighted by Crippen LogP contribution is -2.12. The first kappa shape index (κ1) is 12.4. The molecule has 94 valence electrons. The van der Waals surface area contributed by atoms with Crippen molar-refractivity contribution in [3.63, 3.8) is 0 Å². The van der Waals surface area contributed by atoms with Crippen LogP contribution in [0.15, 0.2) is 17.8 Å². The molecule has 0 radical (unpaired) electrons. The van der Waals surface area contributed by atoms with Crippen LogP contribution in [0.5, 0.6) is 0 Å². The van der Waals surface area contributed by atoms with Gasteiger partial charge in [0.1, 0.15) is 0 Å². The number of aryl methyl sites for hydroxylation is 1. The molecule has 0 unspecified atom stereocenters. The Morgan fingerprint density at radius 3 is 2.89 bits per heavy atom. The fraction of sp³-hybridized carbons (Fsp3) is 0.273. The minimum Gasteiger partial charge on any atom is -0.476 e. The van der Waals surface area contributed by atoms with Crippen LogP contribution in [0.3, 0.4) is 0 Å². The minimum absolute atomic E-state index is 0.0622. The molecule has 0 saturated carbocycles. The van der Waals surface area contributed by atoms with Crippen molar-refractivity contribution in [3.05, 3.63) is 34.2 Å². The normalized spacial score (nSPS) is 10.3. The molecule has 0 aliphatic heterocycles.